The fourth-order valence-electron chi connectivity index (χ4n) is 3.70. The van der Waals surface area contributed by atoms with Crippen LogP contribution in [0.5, 0.6) is 5.75 Å². The van der Waals surface area contributed by atoms with Crippen LogP contribution in [0.3, 0.4) is 0 Å². The quantitative estimate of drug-likeness (QED) is 0.587. The number of hydrogen-bond donors (Lipinski definition) is 3. The summed E-state index contributed by atoms with van der Waals surface area (Å²) >= 11 is 2.80. The van der Waals surface area contributed by atoms with Crippen LogP contribution in [0.4, 0.5) is 5.69 Å². The zero-order valence-corrected chi connectivity index (χ0v) is 17.9. The van der Waals surface area contributed by atoms with Crippen molar-refractivity contribution in [3.63, 3.8) is 0 Å². The lowest BCUT2D eigenvalue weighted by molar-refractivity contribution is 0.242. The number of anilines is 1. The van der Waals surface area contributed by atoms with Gasteiger partial charge < -0.3 is 4.74 Å². The van der Waals surface area contributed by atoms with E-state index in [0.717, 1.165) is 23.4 Å². The molecule has 150 valence electrons. The Morgan fingerprint density at radius 3 is 3.00 bits per heavy atom. The molecule has 0 saturated carbocycles. The van der Waals surface area contributed by atoms with Crippen LogP contribution in [0.25, 0.3) is 4.91 Å². The molecule has 1 heterocycles. The van der Waals surface area contributed by atoms with E-state index in [1.165, 1.54) is 28.8 Å². The second-order valence-electron chi connectivity index (χ2n) is 7.18. The van der Waals surface area contributed by atoms with E-state index in [1.807, 2.05) is 42.7 Å². The van der Waals surface area contributed by atoms with Crippen molar-refractivity contribution in [3.8, 4) is 11.8 Å². The van der Waals surface area contributed by atoms with Crippen molar-refractivity contribution >= 4 is 34.7 Å². The Morgan fingerprint density at radius 2 is 2.24 bits per heavy atom. The monoisotopic (exact) mass is 425 g/mol. The number of hydrogen-bond acceptors (Lipinski definition) is 8. The SMILES string of the molecule is CC(C)Oc1ccc(N2NC=C(c3cccc4c3CCC4NSN)S2)cc1C#N. The molecule has 4 rings (SSSR count). The first-order chi connectivity index (χ1) is 14.1. The summed E-state index contributed by atoms with van der Waals surface area (Å²) in [6, 6.07) is 14.6. The molecule has 0 radical (unpaired) electrons. The standard InChI is InChI=1S/C21H23N5OS2/c1-13(2)27-20-9-6-15(10-14(20)11-22)26-24-12-21(28-26)18-5-3-4-17-16(18)7-8-19(17)25-29-23/h3-6,9-10,12-13,19,24-25H,7-8,23H2,1-2H3. The molecule has 1 aliphatic carbocycles. The van der Waals surface area contributed by atoms with Crippen LogP contribution in [0, 0.1) is 11.3 Å². The van der Waals surface area contributed by atoms with Crippen molar-refractivity contribution in [3.05, 3.63) is 64.9 Å². The van der Waals surface area contributed by atoms with Gasteiger partial charge in [-0.15, -0.1) is 0 Å². The Morgan fingerprint density at radius 1 is 1.38 bits per heavy atom. The smallest absolute Gasteiger partial charge is 0.137 e. The van der Waals surface area contributed by atoms with Gasteiger partial charge in [0.05, 0.1) is 22.3 Å². The number of nitrogens with one attached hydrogen (secondary N) is 2. The lowest BCUT2D eigenvalue weighted by atomic mass is 10.0. The molecule has 1 unspecified atom stereocenters. The molecule has 0 bridgehead atoms. The Labute approximate surface area is 179 Å². The summed E-state index contributed by atoms with van der Waals surface area (Å²) in [5, 5.41) is 15.1. The molecule has 4 N–H and O–H groups in total. The molecule has 6 nitrogen and oxygen atoms in total. The summed E-state index contributed by atoms with van der Waals surface area (Å²) in [5.41, 5.74) is 8.68. The molecule has 1 aliphatic heterocycles. The highest BCUT2D eigenvalue weighted by Crippen LogP contribution is 2.43. The number of hydrazine groups is 1. The van der Waals surface area contributed by atoms with Gasteiger partial charge in [-0.2, -0.15) is 5.26 Å². The van der Waals surface area contributed by atoms with Gasteiger partial charge in [-0.3, -0.25) is 10.6 Å². The summed E-state index contributed by atoms with van der Waals surface area (Å²) in [6.45, 7) is 3.90. The van der Waals surface area contributed by atoms with E-state index in [2.05, 4.69) is 34.4 Å². The third kappa shape index (κ3) is 4.05. The summed E-state index contributed by atoms with van der Waals surface area (Å²) in [4.78, 5) is 1.16. The topological polar surface area (TPSA) is 86.3 Å². The third-order valence-electron chi connectivity index (χ3n) is 4.93. The minimum Gasteiger partial charge on any atom is -0.490 e. The van der Waals surface area contributed by atoms with Crippen molar-refractivity contribution < 1.29 is 4.74 Å². The second-order valence-corrected chi connectivity index (χ2v) is 8.64. The van der Waals surface area contributed by atoms with Crippen LogP contribution < -0.4 is 24.4 Å². The van der Waals surface area contributed by atoms with E-state index >= 15 is 0 Å². The van der Waals surface area contributed by atoms with Crippen LogP contribution in [0.1, 0.15) is 48.6 Å². The summed E-state index contributed by atoms with van der Waals surface area (Å²) < 4.78 is 11.0. The highest BCUT2D eigenvalue weighted by molar-refractivity contribution is 8.09. The number of nitrogens with two attached hydrogens (primary N) is 1. The van der Waals surface area contributed by atoms with Crippen LogP contribution >= 0.6 is 24.1 Å². The van der Waals surface area contributed by atoms with Crippen molar-refractivity contribution in [2.24, 2.45) is 5.14 Å². The number of ether oxygens (including phenoxy) is 1. The predicted octanol–water partition coefficient (Wildman–Crippen LogP) is 4.42. The predicted molar refractivity (Wildman–Crippen MR) is 121 cm³/mol. The first kappa shape index (κ1) is 20.0. The molecular weight excluding hydrogens is 402 g/mol. The molecule has 29 heavy (non-hydrogen) atoms. The van der Waals surface area contributed by atoms with Gasteiger partial charge in [-0.1, -0.05) is 18.2 Å². The van der Waals surface area contributed by atoms with E-state index in [9.17, 15) is 5.26 Å². The van der Waals surface area contributed by atoms with Crippen LogP contribution in [0.15, 0.2) is 42.6 Å². The average molecular weight is 426 g/mol. The molecule has 1 atom stereocenters. The minimum absolute atomic E-state index is 0.0247. The van der Waals surface area contributed by atoms with E-state index < -0.39 is 0 Å². The largest absolute Gasteiger partial charge is 0.490 e. The molecule has 2 aliphatic rings. The summed E-state index contributed by atoms with van der Waals surface area (Å²) in [6.07, 6.45) is 4.12. The molecule has 8 heteroatoms. The lowest BCUT2D eigenvalue weighted by Crippen LogP contribution is -2.22. The molecule has 0 aromatic heterocycles. The molecule has 0 fully saturated rings. The second kappa shape index (κ2) is 8.59. The van der Waals surface area contributed by atoms with Gasteiger partial charge in [0, 0.05) is 36.3 Å². The highest BCUT2D eigenvalue weighted by Gasteiger charge is 2.27. The van der Waals surface area contributed by atoms with Crippen molar-refractivity contribution in [1.82, 2.24) is 10.1 Å². The normalized spacial score (nSPS) is 17.7. The van der Waals surface area contributed by atoms with Gasteiger partial charge in [0.2, 0.25) is 0 Å². The maximum Gasteiger partial charge on any atom is 0.137 e. The number of fused-ring (bicyclic) bond motifs is 1. The summed E-state index contributed by atoms with van der Waals surface area (Å²) in [7, 11) is 0. The van der Waals surface area contributed by atoms with E-state index in [1.54, 1.807) is 11.9 Å². The molecule has 0 saturated heterocycles. The maximum absolute atomic E-state index is 9.50. The van der Waals surface area contributed by atoms with Gasteiger partial charge in [0.25, 0.3) is 0 Å². The molecule has 0 amide bonds. The maximum atomic E-state index is 9.50. The fourth-order valence-corrected chi connectivity index (χ4v) is 5.03. The van der Waals surface area contributed by atoms with Gasteiger partial charge in [-0.05, 0) is 61.6 Å². The Bertz CT molecular complexity index is 986. The van der Waals surface area contributed by atoms with Crippen LogP contribution in [-0.2, 0) is 6.42 Å². The first-order valence-electron chi connectivity index (χ1n) is 9.49. The lowest BCUT2D eigenvalue weighted by Gasteiger charge is -2.19. The van der Waals surface area contributed by atoms with Gasteiger partial charge in [0.1, 0.15) is 11.8 Å². The van der Waals surface area contributed by atoms with Crippen molar-refractivity contribution in [1.29, 1.82) is 5.26 Å². The van der Waals surface area contributed by atoms with E-state index in [4.69, 9.17) is 9.88 Å². The van der Waals surface area contributed by atoms with Gasteiger partial charge in [-0.25, -0.2) is 9.14 Å². The highest BCUT2D eigenvalue weighted by atomic mass is 32.2. The fraction of sp³-hybridized carbons (Fsp3) is 0.286. The number of nitrogens with zero attached hydrogens (tertiary/aromatic N) is 2. The Hall–Kier alpha value is -2.31. The Kier molecular flexibility index (Phi) is 5.92. The number of benzene rings is 2. The van der Waals surface area contributed by atoms with Gasteiger partial charge in [0.15, 0.2) is 0 Å². The molecule has 0 spiro atoms. The van der Waals surface area contributed by atoms with Crippen molar-refractivity contribution in [2.45, 2.75) is 38.8 Å². The van der Waals surface area contributed by atoms with Crippen LogP contribution in [0.2, 0.25) is 0 Å². The van der Waals surface area contributed by atoms with E-state index in [-0.39, 0.29) is 6.10 Å². The third-order valence-corrected chi connectivity index (χ3v) is 6.38. The zero-order chi connectivity index (χ0) is 20.4. The Balaban J connectivity index is 1.54. The average Bonchev–Trinajstić information content (AvgIpc) is 3.36. The number of nitriles is 1. The molecular formula is C21H23N5OS2. The summed E-state index contributed by atoms with van der Waals surface area (Å²) in [5.74, 6) is 0.612. The first-order valence-corrected chi connectivity index (χ1v) is 11.1. The van der Waals surface area contributed by atoms with E-state index in [0.29, 0.717) is 17.4 Å². The van der Waals surface area contributed by atoms with Crippen molar-refractivity contribution in [2.75, 3.05) is 4.41 Å². The zero-order valence-electron chi connectivity index (χ0n) is 16.3. The van der Waals surface area contributed by atoms with Gasteiger partial charge >= 0.3 is 0 Å². The molecule has 2 aromatic rings. The minimum atomic E-state index is 0.0247. The number of rotatable bonds is 6. The molecule has 2 aromatic carbocycles. The van der Waals surface area contributed by atoms with Crippen LogP contribution in [-0.4, -0.2) is 6.10 Å².